The van der Waals surface area contributed by atoms with Crippen LogP contribution in [0, 0.1) is 11.8 Å². The summed E-state index contributed by atoms with van der Waals surface area (Å²) >= 11 is 0. The molecule has 1 aliphatic carbocycles. The molecule has 1 amide bonds. The van der Waals surface area contributed by atoms with E-state index in [0.29, 0.717) is 26.0 Å². The highest BCUT2D eigenvalue weighted by Crippen LogP contribution is 2.40. The molecular formula is C12H19NO6S. The van der Waals surface area contributed by atoms with E-state index in [0.717, 1.165) is 0 Å². The van der Waals surface area contributed by atoms with Crippen molar-refractivity contribution in [1.82, 2.24) is 4.90 Å². The molecule has 1 aliphatic heterocycles. The van der Waals surface area contributed by atoms with Crippen molar-refractivity contribution in [2.75, 3.05) is 31.8 Å². The topological polar surface area (TPSA) is 101 Å². The average Bonchev–Trinajstić information content (AvgIpc) is 3.09. The zero-order chi connectivity index (χ0) is 14.9. The number of aliphatic carboxylic acids is 1. The van der Waals surface area contributed by atoms with Gasteiger partial charge in [-0.3, -0.25) is 9.59 Å². The van der Waals surface area contributed by atoms with Crippen LogP contribution in [0.4, 0.5) is 0 Å². The van der Waals surface area contributed by atoms with Gasteiger partial charge in [0.2, 0.25) is 5.91 Å². The Labute approximate surface area is 117 Å². The summed E-state index contributed by atoms with van der Waals surface area (Å²) in [6, 6.07) is -0.349. The molecule has 1 saturated carbocycles. The number of hydrogen-bond donors (Lipinski definition) is 1. The van der Waals surface area contributed by atoms with Gasteiger partial charge in [-0.15, -0.1) is 0 Å². The summed E-state index contributed by atoms with van der Waals surface area (Å²) in [6.45, 7) is 0.616. The van der Waals surface area contributed by atoms with E-state index in [-0.39, 0.29) is 23.5 Å². The van der Waals surface area contributed by atoms with Crippen molar-refractivity contribution in [1.29, 1.82) is 0 Å². The van der Waals surface area contributed by atoms with Gasteiger partial charge >= 0.3 is 5.97 Å². The van der Waals surface area contributed by atoms with Gasteiger partial charge in [0.05, 0.1) is 29.9 Å². The molecule has 8 heteroatoms. The minimum absolute atomic E-state index is 0.0348. The summed E-state index contributed by atoms with van der Waals surface area (Å²) in [5.74, 6) is -2.29. The largest absolute Gasteiger partial charge is 0.481 e. The Hall–Kier alpha value is -1.15. The second-order valence-electron chi connectivity index (χ2n) is 5.37. The number of carbonyl (C=O) groups excluding carboxylic acids is 1. The lowest BCUT2D eigenvalue weighted by atomic mass is 10.2. The number of carboxylic acid groups (broad SMARTS) is 1. The molecule has 114 valence electrons. The first-order valence-corrected chi connectivity index (χ1v) is 8.40. The minimum Gasteiger partial charge on any atom is -0.481 e. The fourth-order valence-electron chi connectivity index (χ4n) is 2.64. The molecule has 1 heterocycles. The average molecular weight is 305 g/mol. The lowest BCUT2D eigenvalue weighted by Crippen LogP contribution is -2.44. The van der Waals surface area contributed by atoms with Gasteiger partial charge < -0.3 is 14.7 Å². The normalized spacial score (nSPS) is 30.9. The molecule has 20 heavy (non-hydrogen) atoms. The maximum absolute atomic E-state index is 12.3. The number of ether oxygens (including phenoxy) is 1. The summed E-state index contributed by atoms with van der Waals surface area (Å²) in [5.41, 5.74) is 0. The number of rotatable bonds is 6. The van der Waals surface area contributed by atoms with Crippen molar-refractivity contribution in [3.8, 4) is 0 Å². The first-order valence-electron chi connectivity index (χ1n) is 6.58. The van der Waals surface area contributed by atoms with Crippen LogP contribution >= 0.6 is 0 Å². The molecule has 0 aromatic rings. The van der Waals surface area contributed by atoms with Crippen molar-refractivity contribution in [2.24, 2.45) is 11.8 Å². The Balaban J connectivity index is 2.04. The molecule has 0 spiro atoms. The van der Waals surface area contributed by atoms with Gasteiger partial charge in [0.25, 0.3) is 0 Å². The number of amides is 1. The van der Waals surface area contributed by atoms with Crippen LogP contribution in [-0.2, 0) is 24.2 Å². The van der Waals surface area contributed by atoms with E-state index < -0.39 is 27.6 Å². The van der Waals surface area contributed by atoms with Crippen molar-refractivity contribution < 1.29 is 27.9 Å². The number of methoxy groups -OCH3 is 1. The Morgan fingerprint density at radius 2 is 2.05 bits per heavy atom. The summed E-state index contributed by atoms with van der Waals surface area (Å²) in [6.07, 6.45) is 0.763. The third kappa shape index (κ3) is 3.29. The SMILES string of the molecule is COCCN(C(=O)[C@@H]1C[C@H]1C(=O)O)[C@@H]1CCS(=O)(=O)C1. The zero-order valence-corrected chi connectivity index (χ0v) is 12.1. The molecule has 1 saturated heterocycles. The van der Waals surface area contributed by atoms with E-state index in [1.54, 1.807) is 0 Å². The maximum atomic E-state index is 12.3. The molecule has 2 rings (SSSR count). The molecule has 0 aromatic heterocycles. The summed E-state index contributed by atoms with van der Waals surface area (Å²) in [4.78, 5) is 24.7. The van der Waals surface area contributed by atoms with Gasteiger partial charge in [0, 0.05) is 19.7 Å². The Bertz CT molecular complexity index is 502. The van der Waals surface area contributed by atoms with Crippen LogP contribution in [0.1, 0.15) is 12.8 Å². The highest BCUT2D eigenvalue weighted by atomic mass is 32.2. The second kappa shape index (κ2) is 5.69. The fourth-order valence-corrected chi connectivity index (χ4v) is 4.37. The summed E-state index contributed by atoms with van der Waals surface area (Å²) in [5, 5.41) is 8.89. The third-order valence-electron chi connectivity index (χ3n) is 3.89. The predicted octanol–water partition coefficient (Wildman–Crippen LogP) is -0.631. The highest BCUT2D eigenvalue weighted by Gasteiger charge is 2.51. The lowest BCUT2D eigenvalue weighted by Gasteiger charge is -2.28. The minimum atomic E-state index is -3.09. The Morgan fingerprint density at radius 3 is 2.50 bits per heavy atom. The van der Waals surface area contributed by atoms with Gasteiger partial charge in [-0.2, -0.15) is 0 Å². The van der Waals surface area contributed by atoms with Gasteiger partial charge in [0.15, 0.2) is 9.84 Å². The lowest BCUT2D eigenvalue weighted by molar-refractivity contribution is -0.142. The second-order valence-corrected chi connectivity index (χ2v) is 7.60. The number of sulfone groups is 1. The van der Waals surface area contributed by atoms with Gasteiger partial charge in [-0.1, -0.05) is 0 Å². The smallest absolute Gasteiger partial charge is 0.307 e. The van der Waals surface area contributed by atoms with Gasteiger partial charge in [0.1, 0.15) is 0 Å². The van der Waals surface area contributed by atoms with Crippen LogP contribution in [-0.4, -0.2) is 68.1 Å². The quantitative estimate of drug-likeness (QED) is 0.701. The van der Waals surface area contributed by atoms with Crippen LogP contribution in [0.15, 0.2) is 0 Å². The fraction of sp³-hybridized carbons (Fsp3) is 0.833. The number of nitrogens with zero attached hydrogens (tertiary/aromatic N) is 1. The number of carbonyl (C=O) groups is 2. The molecule has 3 atom stereocenters. The molecule has 2 fully saturated rings. The van der Waals surface area contributed by atoms with E-state index in [2.05, 4.69) is 0 Å². The zero-order valence-electron chi connectivity index (χ0n) is 11.3. The van der Waals surface area contributed by atoms with E-state index in [1.165, 1.54) is 12.0 Å². The van der Waals surface area contributed by atoms with E-state index in [9.17, 15) is 18.0 Å². The summed E-state index contributed by atoms with van der Waals surface area (Å²) < 4.78 is 28.0. The van der Waals surface area contributed by atoms with Crippen molar-refractivity contribution in [3.63, 3.8) is 0 Å². The number of hydrogen-bond acceptors (Lipinski definition) is 5. The molecule has 1 N–H and O–H groups in total. The molecule has 0 unspecified atom stereocenters. The van der Waals surface area contributed by atoms with Crippen molar-refractivity contribution in [2.45, 2.75) is 18.9 Å². The monoisotopic (exact) mass is 305 g/mol. The highest BCUT2D eigenvalue weighted by molar-refractivity contribution is 7.91. The molecule has 7 nitrogen and oxygen atoms in total. The van der Waals surface area contributed by atoms with Crippen molar-refractivity contribution >= 4 is 21.7 Å². The molecule has 2 aliphatic rings. The van der Waals surface area contributed by atoms with E-state index >= 15 is 0 Å². The molecular weight excluding hydrogens is 286 g/mol. The van der Waals surface area contributed by atoms with Crippen molar-refractivity contribution in [3.05, 3.63) is 0 Å². The third-order valence-corrected chi connectivity index (χ3v) is 5.64. The maximum Gasteiger partial charge on any atom is 0.307 e. The van der Waals surface area contributed by atoms with Crippen LogP contribution < -0.4 is 0 Å². The predicted molar refractivity (Wildman–Crippen MR) is 69.9 cm³/mol. The van der Waals surface area contributed by atoms with Gasteiger partial charge in [-0.25, -0.2) is 8.42 Å². The first-order chi connectivity index (χ1) is 9.35. The standard InChI is InChI=1S/C12H19NO6S/c1-19-4-3-13(8-2-5-20(17,18)7-8)11(14)9-6-10(9)12(15)16/h8-10H,2-7H2,1H3,(H,15,16)/t8-,9-,10-/m1/s1. The van der Waals surface area contributed by atoms with Crippen LogP contribution in [0.5, 0.6) is 0 Å². The Morgan fingerprint density at radius 1 is 1.35 bits per heavy atom. The molecule has 0 bridgehead atoms. The molecule has 0 aromatic carbocycles. The van der Waals surface area contributed by atoms with Gasteiger partial charge in [-0.05, 0) is 12.8 Å². The van der Waals surface area contributed by atoms with E-state index in [1.807, 2.05) is 0 Å². The first kappa shape index (κ1) is 15.2. The summed E-state index contributed by atoms with van der Waals surface area (Å²) in [7, 11) is -1.58. The Kier molecular flexibility index (Phi) is 4.33. The molecule has 0 radical (unpaired) electrons. The van der Waals surface area contributed by atoms with Crippen LogP contribution in [0.2, 0.25) is 0 Å². The van der Waals surface area contributed by atoms with Crippen LogP contribution in [0.25, 0.3) is 0 Å². The van der Waals surface area contributed by atoms with E-state index in [4.69, 9.17) is 9.84 Å². The number of carboxylic acids is 1. The van der Waals surface area contributed by atoms with Crippen LogP contribution in [0.3, 0.4) is 0 Å².